The highest BCUT2D eigenvalue weighted by molar-refractivity contribution is 5.76. The molecule has 0 atom stereocenters. The van der Waals surface area contributed by atoms with Gasteiger partial charge in [0.25, 0.3) is 0 Å². The Bertz CT molecular complexity index is 1150. The smallest absolute Gasteiger partial charge is 0.161 e. The van der Waals surface area contributed by atoms with Crippen LogP contribution in [0.3, 0.4) is 0 Å². The molecule has 28 heavy (non-hydrogen) atoms. The van der Waals surface area contributed by atoms with E-state index in [1.54, 1.807) is 25.4 Å². The average molecular weight is 374 g/mol. The fourth-order valence-electron chi connectivity index (χ4n) is 2.70. The van der Waals surface area contributed by atoms with Crippen LogP contribution in [0.2, 0.25) is 0 Å². The van der Waals surface area contributed by atoms with E-state index < -0.39 is 5.82 Å². The maximum atomic E-state index is 13.7. The van der Waals surface area contributed by atoms with Crippen LogP contribution in [0.5, 0.6) is 0 Å². The van der Waals surface area contributed by atoms with E-state index in [4.69, 9.17) is 0 Å². The third-order valence-electron chi connectivity index (χ3n) is 4.13. The number of nitrogens with zero attached hydrogens (tertiary/aromatic N) is 2. The number of aryl methyl sites for hydroxylation is 1. The van der Waals surface area contributed by atoms with Crippen molar-refractivity contribution in [2.45, 2.75) is 6.92 Å². The van der Waals surface area contributed by atoms with Crippen LogP contribution in [0.1, 0.15) is 27.2 Å². The highest BCUT2D eigenvalue weighted by atomic mass is 19.1. The van der Waals surface area contributed by atoms with Crippen LogP contribution in [0.4, 0.5) is 10.1 Å². The second-order valence-corrected chi connectivity index (χ2v) is 6.03. The first-order valence-corrected chi connectivity index (χ1v) is 8.57. The summed E-state index contributed by atoms with van der Waals surface area (Å²) >= 11 is 0. The summed E-state index contributed by atoms with van der Waals surface area (Å²) in [6, 6.07) is 6.57. The van der Waals surface area contributed by atoms with Crippen LogP contribution in [0.25, 0.3) is 5.65 Å². The first kappa shape index (κ1) is 18.9. The van der Waals surface area contributed by atoms with Gasteiger partial charge in [-0.15, -0.1) is 0 Å². The molecule has 2 aromatic heterocycles. The number of hydrogen-bond donors (Lipinski definition) is 2. The summed E-state index contributed by atoms with van der Waals surface area (Å²) in [5.74, 6) is 5.51. The Balaban J connectivity index is 2.00. The summed E-state index contributed by atoms with van der Waals surface area (Å²) < 4.78 is 15.5. The Morgan fingerprint density at radius 2 is 2.18 bits per heavy atom. The molecule has 0 radical (unpaired) electrons. The molecule has 0 aliphatic carbocycles. The maximum Gasteiger partial charge on any atom is 0.161 e. The quantitative estimate of drug-likeness (QED) is 0.407. The van der Waals surface area contributed by atoms with Gasteiger partial charge in [0.15, 0.2) is 11.9 Å². The van der Waals surface area contributed by atoms with Crippen LogP contribution < -0.4 is 10.6 Å². The van der Waals surface area contributed by atoms with Crippen LogP contribution in [-0.4, -0.2) is 22.7 Å². The van der Waals surface area contributed by atoms with Crippen LogP contribution in [0, 0.1) is 24.6 Å². The number of anilines is 1. The highest BCUT2D eigenvalue weighted by Gasteiger charge is 2.08. The summed E-state index contributed by atoms with van der Waals surface area (Å²) in [4.78, 5) is 15.4. The highest BCUT2D eigenvalue weighted by Crippen LogP contribution is 2.19. The Hall–Kier alpha value is -3.85. The molecule has 0 saturated heterocycles. The molecule has 0 aliphatic heterocycles. The van der Waals surface area contributed by atoms with Crippen molar-refractivity contribution in [3.8, 4) is 11.8 Å². The third kappa shape index (κ3) is 3.79. The Kier molecular flexibility index (Phi) is 5.56. The van der Waals surface area contributed by atoms with E-state index in [1.165, 1.54) is 12.1 Å². The Morgan fingerprint density at radius 3 is 2.89 bits per heavy atom. The molecule has 3 aromatic rings. The zero-order valence-corrected chi connectivity index (χ0v) is 15.6. The van der Waals surface area contributed by atoms with E-state index in [0.29, 0.717) is 28.8 Å². The summed E-state index contributed by atoms with van der Waals surface area (Å²) in [5, 5.41) is 6.21. The first-order valence-electron chi connectivity index (χ1n) is 8.57. The molecule has 5 nitrogen and oxygen atoms in total. The van der Waals surface area contributed by atoms with Crippen molar-refractivity contribution < 1.29 is 9.18 Å². The minimum absolute atomic E-state index is 0.00666. The summed E-state index contributed by atoms with van der Waals surface area (Å²) in [6.07, 6.45) is 7.51. The third-order valence-corrected chi connectivity index (χ3v) is 4.13. The van der Waals surface area contributed by atoms with E-state index in [1.807, 2.05) is 29.8 Å². The zero-order chi connectivity index (χ0) is 20.1. The number of carbonyl (C=O) groups excluding carboxylic acids is 1. The second kappa shape index (κ2) is 8.23. The van der Waals surface area contributed by atoms with Crippen molar-refractivity contribution in [3.05, 3.63) is 89.4 Å². The normalized spacial score (nSPS) is 10.9. The van der Waals surface area contributed by atoms with Crippen molar-refractivity contribution in [1.29, 1.82) is 0 Å². The van der Waals surface area contributed by atoms with Crippen molar-refractivity contribution in [2.75, 3.05) is 12.4 Å². The van der Waals surface area contributed by atoms with E-state index in [0.717, 1.165) is 11.4 Å². The largest absolute Gasteiger partial charge is 0.392 e. The molecular formula is C22H19FN4O. The SMILES string of the molecule is C=C/C(=C\NC)Nc1cccn2c(C#Cc3cc(C=O)c(F)cc3C)cnc12. The van der Waals surface area contributed by atoms with E-state index in [2.05, 4.69) is 34.0 Å². The number of rotatable bonds is 5. The number of carbonyl (C=O) groups is 1. The number of nitrogens with one attached hydrogen (secondary N) is 2. The lowest BCUT2D eigenvalue weighted by atomic mass is 10.1. The predicted octanol–water partition coefficient (Wildman–Crippen LogP) is 3.65. The number of pyridine rings is 1. The Labute approximate surface area is 162 Å². The molecule has 0 saturated carbocycles. The number of allylic oxidation sites excluding steroid dienone is 1. The van der Waals surface area contributed by atoms with Gasteiger partial charge in [-0.3, -0.25) is 9.20 Å². The lowest BCUT2D eigenvalue weighted by Crippen LogP contribution is -2.04. The summed E-state index contributed by atoms with van der Waals surface area (Å²) in [6.45, 7) is 5.53. The summed E-state index contributed by atoms with van der Waals surface area (Å²) in [7, 11) is 1.81. The number of hydrogen-bond acceptors (Lipinski definition) is 4. The topological polar surface area (TPSA) is 58.4 Å². The molecule has 2 heterocycles. The van der Waals surface area contributed by atoms with Gasteiger partial charge in [0.1, 0.15) is 11.5 Å². The maximum absolute atomic E-state index is 13.7. The van der Waals surface area contributed by atoms with Gasteiger partial charge in [0.2, 0.25) is 0 Å². The van der Waals surface area contributed by atoms with Gasteiger partial charge in [-0.1, -0.05) is 12.5 Å². The molecule has 0 amide bonds. The molecule has 0 bridgehead atoms. The molecule has 2 N–H and O–H groups in total. The molecular weight excluding hydrogens is 355 g/mol. The lowest BCUT2D eigenvalue weighted by molar-refractivity contribution is 0.112. The molecule has 0 spiro atoms. The lowest BCUT2D eigenvalue weighted by Gasteiger charge is -2.08. The predicted molar refractivity (Wildman–Crippen MR) is 109 cm³/mol. The van der Waals surface area contributed by atoms with Gasteiger partial charge in [-0.2, -0.15) is 0 Å². The molecule has 1 aromatic carbocycles. The van der Waals surface area contributed by atoms with Crippen molar-refractivity contribution in [2.24, 2.45) is 0 Å². The van der Waals surface area contributed by atoms with Crippen molar-refractivity contribution in [3.63, 3.8) is 0 Å². The molecule has 0 fully saturated rings. The van der Waals surface area contributed by atoms with Crippen LogP contribution in [-0.2, 0) is 0 Å². The minimum Gasteiger partial charge on any atom is -0.392 e. The number of benzene rings is 1. The van der Waals surface area contributed by atoms with Crippen molar-refractivity contribution >= 4 is 17.6 Å². The average Bonchev–Trinajstić information content (AvgIpc) is 3.11. The second-order valence-electron chi connectivity index (χ2n) is 6.03. The van der Waals surface area contributed by atoms with Gasteiger partial charge < -0.3 is 10.6 Å². The molecule has 140 valence electrons. The van der Waals surface area contributed by atoms with E-state index in [-0.39, 0.29) is 5.56 Å². The number of imidazole rings is 1. The van der Waals surface area contributed by atoms with E-state index in [9.17, 15) is 9.18 Å². The van der Waals surface area contributed by atoms with Gasteiger partial charge >= 0.3 is 0 Å². The standard InChI is InChI=1S/C22H19FN4O/c1-4-18(12-24-3)26-21-6-5-9-27-19(13-25-22(21)27)8-7-16-11-17(14-28)20(23)10-15(16)2/h4-6,9-14,24,26H,1H2,2-3H3/b18-12+. The number of halogens is 1. The minimum atomic E-state index is -0.545. The zero-order valence-electron chi connectivity index (χ0n) is 15.6. The van der Waals surface area contributed by atoms with Gasteiger partial charge in [0.05, 0.1) is 23.1 Å². The van der Waals surface area contributed by atoms with Crippen LogP contribution >= 0.6 is 0 Å². The fraction of sp³-hybridized carbons (Fsp3) is 0.0909. The van der Waals surface area contributed by atoms with Gasteiger partial charge in [-0.25, -0.2) is 9.37 Å². The molecule has 0 aliphatic rings. The van der Waals surface area contributed by atoms with Crippen molar-refractivity contribution in [1.82, 2.24) is 14.7 Å². The monoisotopic (exact) mass is 374 g/mol. The fourth-order valence-corrected chi connectivity index (χ4v) is 2.70. The Morgan fingerprint density at radius 1 is 1.36 bits per heavy atom. The number of fused-ring (bicyclic) bond motifs is 1. The van der Waals surface area contributed by atoms with Gasteiger partial charge in [-0.05, 0) is 48.7 Å². The summed E-state index contributed by atoms with van der Waals surface area (Å²) in [5.41, 5.74) is 4.24. The van der Waals surface area contributed by atoms with E-state index >= 15 is 0 Å². The molecule has 6 heteroatoms. The number of aldehydes is 1. The molecule has 3 rings (SSSR count). The molecule has 0 unspecified atom stereocenters. The first-order chi connectivity index (χ1) is 13.6. The van der Waals surface area contributed by atoms with Crippen LogP contribution in [0.15, 0.2) is 61.2 Å². The number of aromatic nitrogens is 2. The van der Waals surface area contributed by atoms with Gasteiger partial charge in [0, 0.05) is 25.0 Å².